The van der Waals surface area contributed by atoms with Gasteiger partial charge in [0.2, 0.25) is 0 Å². The molecule has 1 aliphatic heterocycles. The third kappa shape index (κ3) is 2.10. The zero-order valence-corrected chi connectivity index (χ0v) is 11.3. The van der Waals surface area contributed by atoms with Crippen LogP contribution in [-0.2, 0) is 17.7 Å². The van der Waals surface area contributed by atoms with E-state index in [9.17, 15) is 0 Å². The Morgan fingerprint density at radius 3 is 3.17 bits per heavy atom. The van der Waals surface area contributed by atoms with E-state index >= 15 is 0 Å². The molecule has 2 heterocycles. The van der Waals surface area contributed by atoms with Crippen LogP contribution in [0.5, 0.6) is 0 Å². The van der Waals surface area contributed by atoms with Crippen molar-refractivity contribution in [3.05, 3.63) is 23.5 Å². The second kappa shape index (κ2) is 5.06. The topological polar surface area (TPSA) is 40.2 Å². The van der Waals surface area contributed by atoms with Gasteiger partial charge in [0.1, 0.15) is 0 Å². The number of ether oxygens (including phenoxy) is 1. The summed E-state index contributed by atoms with van der Waals surface area (Å²) in [6, 6.07) is 2.49. The monoisotopic (exact) mass is 248 g/mol. The molecule has 2 N–H and O–H groups in total. The lowest BCUT2D eigenvalue weighted by molar-refractivity contribution is 0.0833. The molecule has 0 bridgehead atoms. The van der Waals surface area contributed by atoms with Gasteiger partial charge in [0.05, 0.1) is 6.10 Å². The van der Waals surface area contributed by atoms with Gasteiger partial charge in [0.25, 0.3) is 0 Å². The van der Waals surface area contributed by atoms with Gasteiger partial charge < -0.3 is 15.0 Å². The minimum Gasteiger partial charge on any atom is -0.378 e. The Bertz CT molecular complexity index is 413. The molecule has 18 heavy (non-hydrogen) atoms. The first-order chi connectivity index (χ1) is 8.79. The summed E-state index contributed by atoms with van der Waals surface area (Å²) < 4.78 is 8.23. The quantitative estimate of drug-likeness (QED) is 0.893. The van der Waals surface area contributed by atoms with Gasteiger partial charge in [-0.25, -0.2) is 0 Å². The van der Waals surface area contributed by atoms with Crippen molar-refractivity contribution in [3.63, 3.8) is 0 Å². The van der Waals surface area contributed by atoms with Crippen LogP contribution in [-0.4, -0.2) is 17.3 Å². The second-order valence-electron chi connectivity index (χ2n) is 5.74. The Hall–Kier alpha value is -0.800. The van der Waals surface area contributed by atoms with Crippen LogP contribution < -0.4 is 5.73 Å². The normalized spacial score (nSPS) is 31.6. The fourth-order valence-corrected chi connectivity index (χ4v) is 3.57. The molecule has 0 amide bonds. The average molecular weight is 248 g/mol. The summed E-state index contributed by atoms with van der Waals surface area (Å²) >= 11 is 0. The van der Waals surface area contributed by atoms with E-state index in [-0.39, 0.29) is 6.04 Å². The zero-order valence-electron chi connectivity index (χ0n) is 11.3. The third-order valence-electron chi connectivity index (χ3n) is 4.62. The Balaban J connectivity index is 1.77. The molecule has 3 rings (SSSR count). The highest BCUT2D eigenvalue weighted by atomic mass is 16.5. The number of nitrogens with two attached hydrogens (primary N) is 1. The molecule has 1 saturated heterocycles. The second-order valence-corrected chi connectivity index (χ2v) is 5.74. The first-order valence-electron chi connectivity index (χ1n) is 7.34. The molecule has 3 atom stereocenters. The molecular weight excluding hydrogens is 224 g/mol. The van der Waals surface area contributed by atoms with Crippen LogP contribution >= 0.6 is 0 Å². The van der Waals surface area contributed by atoms with Crippen molar-refractivity contribution in [2.75, 3.05) is 6.61 Å². The van der Waals surface area contributed by atoms with Crippen molar-refractivity contribution in [1.29, 1.82) is 0 Å². The van der Waals surface area contributed by atoms with Crippen molar-refractivity contribution in [3.8, 4) is 0 Å². The number of fused-ring (bicyclic) bond motifs is 1. The molecular formula is C15H24N2O. The summed E-state index contributed by atoms with van der Waals surface area (Å²) in [6.07, 6.45) is 8.60. The van der Waals surface area contributed by atoms with Gasteiger partial charge in [0, 0.05) is 37.0 Å². The van der Waals surface area contributed by atoms with Crippen LogP contribution in [0, 0.1) is 5.92 Å². The molecule has 100 valence electrons. The predicted molar refractivity (Wildman–Crippen MR) is 72.4 cm³/mol. The highest BCUT2D eigenvalue weighted by Crippen LogP contribution is 2.31. The molecule has 0 aromatic carbocycles. The molecule has 3 unspecified atom stereocenters. The maximum absolute atomic E-state index is 6.18. The van der Waals surface area contributed by atoms with Crippen LogP contribution in [0.1, 0.15) is 49.9 Å². The number of rotatable bonds is 3. The molecule has 1 aliphatic carbocycles. The molecule has 3 nitrogen and oxygen atoms in total. The maximum atomic E-state index is 6.18. The third-order valence-corrected chi connectivity index (χ3v) is 4.62. The molecule has 3 heteroatoms. The van der Waals surface area contributed by atoms with Crippen molar-refractivity contribution in [2.24, 2.45) is 11.7 Å². The SMILES string of the molecule is CCC1OCCC1Cn1ccc2c1CCCC2N. The van der Waals surface area contributed by atoms with E-state index in [0.29, 0.717) is 12.0 Å². The van der Waals surface area contributed by atoms with Gasteiger partial charge in [-0.3, -0.25) is 0 Å². The van der Waals surface area contributed by atoms with Gasteiger partial charge in [-0.2, -0.15) is 0 Å². The van der Waals surface area contributed by atoms with E-state index in [0.717, 1.165) is 26.0 Å². The summed E-state index contributed by atoms with van der Waals surface area (Å²) in [6.45, 7) is 4.27. The molecule has 1 fully saturated rings. The van der Waals surface area contributed by atoms with Crippen molar-refractivity contribution < 1.29 is 4.74 Å². The maximum Gasteiger partial charge on any atom is 0.0618 e. The fraction of sp³-hybridized carbons (Fsp3) is 0.733. The molecule has 0 saturated carbocycles. The Morgan fingerprint density at radius 1 is 1.44 bits per heavy atom. The van der Waals surface area contributed by atoms with Crippen molar-refractivity contribution in [1.82, 2.24) is 4.57 Å². The van der Waals surface area contributed by atoms with E-state index in [2.05, 4.69) is 23.8 Å². The Kier molecular flexibility index (Phi) is 3.44. The lowest BCUT2D eigenvalue weighted by Crippen LogP contribution is -2.23. The van der Waals surface area contributed by atoms with Crippen molar-refractivity contribution >= 4 is 0 Å². The van der Waals surface area contributed by atoms with E-state index in [1.54, 1.807) is 0 Å². The summed E-state index contributed by atoms with van der Waals surface area (Å²) in [5, 5.41) is 0. The van der Waals surface area contributed by atoms with Crippen LogP contribution in [0.4, 0.5) is 0 Å². The number of hydrogen-bond acceptors (Lipinski definition) is 2. The smallest absolute Gasteiger partial charge is 0.0618 e. The average Bonchev–Trinajstić information content (AvgIpc) is 2.98. The number of aromatic nitrogens is 1. The minimum absolute atomic E-state index is 0.261. The van der Waals surface area contributed by atoms with Crippen molar-refractivity contribution in [2.45, 2.75) is 57.7 Å². The number of hydrogen-bond donors (Lipinski definition) is 1. The van der Waals surface area contributed by atoms with Gasteiger partial charge in [-0.05, 0) is 43.7 Å². The largest absolute Gasteiger partial charge is 0.378 e. The van der Waals surface area contributed by atoms with E-state index in [1.165, 1.54) is 30.5 Å². The zero-order chi connectivity index (χ0) is 12.5. The standard InChI is InChI=1S/C15H24N2O/c1-2-15-11(7-9-18-15)10-17-8-6-12-13(16)4-3-5-14(12)17/h6,8,11,13,15H,2-5,7,9-10,16H2,1H3. The highest BCUT2D eigenvalue weighted by molar-refractivity contribution is 5.28. The molecule has 0 spiro atoms. The van der Waals surface area contributed by atoms with Crippen LogP contribution in [0.15, 0.2) is 12.3 Å². The predicted octanol–water partition coefficient (Wildman–Crippen LogP) is 2.64. The van der Waals surface area contributed by atoms with Crippen LogP contribution in [0.25, 0.3) is 0 Å². The lowest BCUT2D eigenvalue weighted by Gasteiger charge is -2.23. The first-order valence-corrected chi connectivity index (χ1v) is 7.34. The molecule has 0 radical (unpaired) electrons. The van der Waals surface area contributed by atoms with E-state index < -0.39 is 0 Å². The van der Waals surface area contributed by atoms with E-state index in [1.807, 2.05) is 0 Å². The molecule has 2 aliphatic rings. The summed E-state index contributed by atoms with van der Waals surface area (Å²) in [4.78, 5) is 0. The Morgan fingerprint density at radius 2 is 2.33 bits per heavy atom. The highest BCUT2D eigenvalue weighted by Gasteiger charge is 2.28. The van der Waals surface area contributed by atoms with Gasteiger partial charge in [0.15, 0.2) is 0 Å². The molecule has 1 aromatic rings. The van der Waals surface area contributed by atoms with Gasteiger partial charge in [-0.1, -0.05) is 6.92 Å². The first kappa shape index (κ1) is 12.2. The summed E-state index contributed by atoms with van der Waals surface area (Å²) in [7, 11) is 0. The van der Waals surface area contributed by atoms with Gasteiger partial charge >= 0.3 is 0 Å². The number of nitrogens with zero attached hydrogens (tertiary/aromatic N) is 1. The minimum atomic E-state index is 0.261. The van der Waals surface area contributed by atoms with Crippen LogP contribution in [0.3, 0.4) is 0 Å². The Labute approximate surface area is 109 Å². The van der Waals surface area contributed by atoms with E-state index in [4.69, 9.17) is 10.5 Å². The summed E-state index contributed by atoms with van der Waals surface area (Å²) in [5.74, 6) is 0.685. The van der Waals surface area contributed by atoms with Crippen LogP contribution in [0.2, 0.25) is 0 Å². The molecule has 1 aromatic heterocycles. The lowest BCUT2D eigenvalue weighted by atomic mass is 9.93. The van der Waals surface area contributed by atoms with Gasteiger partial charge in [-0.15, -0.1) is 0 Å². The fourth-order valence-electron chi connectivity index (χ4n) is 3.57. The summed E-state index contributed by atoms with van der Waals surface area (Å²) in [5.41, 5.74) is 9.05.